The molecule has 2 heterocycles. The van der Waals surface area contributed by atoms with Gasteiger partial charge in [-0.25, -0.2) is 0 Å². The number of methoxy groups -OCH3 is 1. The van der Waals surface area contributed by atoms with Crippen LogP contribution in [0.15, 0.2) is 55.1 Å². The second-order valence-corrected chi connectivity index (χ2v) is 7.88. The van der Waals surface area contributed by atoms with Crippen LogP contribution in [0.2, 0.25) is 0 Å². The second-order valence-electron chi connectivity index (χ2n) is 7.88. The summed E-state index contributed by atoms with van der Waals surface area (Å²) in [6.07, 6.45) is 7.08. The van der Waals surface area contributed by atoms with Gasteiger partial charge in [-0.3, -0.25) is 4.79 Å². The summed E-state index contributed by atoms with van der Waals surface area (Å²) in [5.41, 5.74) is 1.82. The van der Waals surface area contributed by atoms with Crippen molar-refractivity contribution in [2.45, 2.75) is 25.5 Å². The number of ether oxygens (including phenoxy) is 5. The fourth-order valence-electron chi connectivity index (χ4n) is 3.85. The van der Waals surface area contributed by atoms with E-state index in [1.165, 1.54) is 0 Å². The minimum atomic E-state index is -0.0888. The van der Waals surface area contributed by atoms with E-state index < -0.39 is 0 Å². The fraction of sp³-hybridized carbons (Fsp3) is 0.346. The molecule has 7 heteroatoms. The highest BCUT2D eigenvalue weighted by Crippen LogP contribution is 2.33. The maximum Gasteiger partial charge on any atom is 0.246 e. The Morgan fingerprint density at radius 3 is 2.85 bits per heavy atom. The first-order chi connectivity index (χ1) is 16.2. The van der Waals surface area contributed by atoms with Gasteiger partial charge in [-0.1, -0.05) is 24.8 Å². The van der Waals surface area contributed by atoms with Crippen molar-refractivity contribution in [2.75, 3.05) is 33.7 Å². The van der Waals surface area contributed by atoms with E-state index in [2.05, 4.69) is 6.58 Å². The molecule has 0 bridgehead atoms. The third-order valence-corrected chi connectivity index (χ3v) is 5.53. The summed E-state index contributed by atoms with van der Waals surface area (Å²) in [4.78, 5) is 15.0. The van der Waals surface area contributed by atoms with Gasteiger partial charge in [0.2, 0.25) is 12.7 Å². The molecule has 0 aliphatic carbocycles. The van der Waals surface area contributed by atoms with Crippen LogP contribution in [0.25, 0.3) is 6.08 Å². The number of benzene rings is 2. The van der Waals surface area contributed by atoms with Gasteiger partial charge < -0.3 is 28.6 Å². The lowest BCUT2D eigenvalue weighted by atomic mass is 10.1. The van der Waals surface area contributed by atoms with E-state index in [-0.39, 0.29) is 18.8 Å². The molecular formula is C26H29NO6. The van der Waals surface area contributed by atoms with Crippen LogP contribution in [0.3, 0.4) is 0 Å². The molecule has 0 spiro atoms. The average molecular weight is 452 g/mol. The Morgan fingerprint density at radius 1 is 1.18 bits per heavy atom. The normalized spacial score (nSPS) is 16.7. The topological polar surface area (TPSA) is 66.5 Å². The molecule has 2 aromatic carbocycles. The Labute approximate surface area is 194 Å². The molecule has 0 saturated carbocycles. The summed E-state index contributed by atoms with van der Waals surface area (Å²) in [6.45, 7) is 5.98. The zero-order valence-electron chi connectivity index (χ0n) is 18.8. The van der Waals surface area contributed by atoms with Crippen molar-refractivity contribution in [2.24, 2.45) is 0 Å². The van der Waals surface area contributed by atoms with Gasteiger partial charge in [-0.15, -0.1) is 0 Å². The van der Waals surface area contributed by atoms with Gasteiger partial charge in [0.15, 0.2) is 23.0 Å². The van der Waals surface area contributed by atoms with Gasteiger partial charge in [-0.2, -0.15) is 0 Å². The number of carbonyl (C=O) groups is 1. The first-order valence-electron chi connectivity index (χ1n) is 11.0. The third-order valence-electron chi connectivity index (χ3n) is 5.53. The summed E-state index contributed by atoms with van der Waals surface area (Å²) in [5.74, 6) is 2.57. The highest BCUT2D eigenvalue weighted by Gasteiger charge is 2.22. The van der Waals surface area contributed by atoms with E-state index in [9.17, 15) is 4.79 Å². The van der Waals surface area contributed by atoms with Gasteiger partial charge in [0, 0.05) is 25.8 Å². The van der Waals surface area contributed by atoms with Crippen molar-refractivity contribution in [3.63, 3.8) is 0 Å². The monoisotopic (exact) mass is 451 g/mol. The van der Waals surface area contributed by atoms with E-state index in [1.807, 2.05) is 36.4 Å². The highest BCUT2D eigenvalue weighted by atomic mass is 16.7. The summed E-state index contributed by atoms with van der Waals surface area (Å²) in [7, 11) is 1.60. The molecule has 0 unspecified atom stereocenters. The lowest BCUT2D eigenvalue weighted by Crippen LogP contribution is -2.35. The summed E-state index contributed by atoms with van der Waals surface area (Å²) >= 11 is 0. The largest absolute Gasteiger partial charge is 0.493 e. The molecule has 1 saturated heterocycles. The van der Waals surface area contributed by atoms with E-state index in [0.717, 1.165) is 30.6 Å². The van der Waals surface area contributed by atoms with Gasteiger partial charge in [-0.05, 0) is 54.3 Å². The Bertz CT molecular complexity index is 1010. The molecule has 0 N–H and O–H groups in total. The van der Waals surface area contributed by atoms with Crippen molar-refractivity contribution >= 4 is 12.0 Å². The molecule has 0 radical (unpaired) electrons. The van der Waals surface area contributed by atoms with E-state index >= 15 is 0 Å². The smallest absolute Gasteiger partial charge is 0.246 e. The van der Waals surface area contributed by atoms with E-state index in [0.29, 0.717) is 42.7 Å². The Hall–Kier alpha value is -3.45. The lowest BCUT2D eigenvalue weighted by molar-refractivity contribution is -0.128. The van der Waals surface area contributed by atoms with Crippen LogP contribution in [0, 0.1) is 0 Å². The highest BCUT2D eigenvalue weighted by molar-refractivity contribution is 5.92. The molecule has 0 aromatic heterocycles. The van der Waals surface area contributed by atoms with Crippen LogP contribution < -0.4 is 18.9 Å². The Morgan fingerprint density at radius 2 is 2.06 bits per heavy atom. The Balaban J connectivity index is 1.49. The van der Waals surface area contributed by atoms with Gasteiger partial charge in [0.25, 0.3) is 0 Å². The van der Waals surface area contributed by atoms with Gasteiger partial charge >= 0.3 is 0 Å². The molecule has 33 heavy (non-hydrogen) atoms. The summed E-state index contributed by atoms with van der Waals surface area (Å²) in [5, 5.41) is 0. The van der Waals surface area contributed by atoms with Crippen molar-refractivity contribution in [3.8, 4) is 23.0 Å². The molecule has 7 nitrogen and oxygen atoms in total. The molecule has 1 atom stereocenters. The van der Waals surface area contributed by atoms with Crippen LogP contribution in [0.1, 0.15) is 24.0 Å². The fourth-order valence-corrected chi connectivity index (χ4v) is 3.85. The quantitative estimate of drug-likeness (QED) is 0.398. The average Bonchev–Trinajstić information content (AvgIpc) is 3.52. The maximum absolute atomic E-state index is 13.2. The Kier molecular flexibility index (Phi) is 7.52. The van der Waals surface area contributed by atoms with Crippen LogP contribution in [0.5, 0.6) is 23.0 Å². The van der Waals surface area contributed by atoms with Crippen molar-refractivity contribution in [1.82, 2.24) is 4.90 Å². The molecule has 2 aromatic rings. The number of hydrogen-bond donors (Lipinski definition) is 0. The number of fused-ring (bicyclic) bond motifs is 1. The minimum Gasteiger partial charge on any atom is -0.493 e. The first-order valence-corrected chi connectivity index (χ1v) is 11.0. The first kappa shape index (κ1) is 22.7. The predicted octanol–water partition coefficient (Wildman–Crippen LogP) is 4.21. The lowest BCUT2D eigenvalue weighted by Gasteiger charge is -2.25. The standard InChI is InChI=1S/C26H29NO6/c1-3-12-31-22-10-7-20(15-24(22)29-2)16-27(17-21-5-4-13-30-21)26(28)11-8-19-6-9-23-25(14-19)33-18-32-23/h3,6-11,14-15,21H,1,4-5,12-13,16-18H2,2H3/b11-8-/t21-/m0/s1. The molecule has 4 rings (SSSR count). The number of hydrogen-bond acceptors (Lipinski definition) is 6. The summed E-state index contributed by atoms with van der Waals surface area (Å²) in [6, 6.07) is 11.3. The van der Waals surface area contributed by atoms with Crippen molar-refractivity contribution < 1.29 is 28.5 Å². The van der Waals surface area contributed by atoms with Crippen molar-refractivity contribution in [1.29, 1.82) is 0 Å². The number of nitrogens with zero attached hydrogens (tertiary/aromatic N) is 1. The van der Waals surface area contributed by atoms with Crippen LogP contribution in [-0.2, 0) is 16.1 Å². The molecule has 2 aliphatic rings. The molecule has 1 fully saturated rings. The molecule has 174 valence electrons. The summed E-state index contributed by atoms with van der Waals surface area (Å²) < 4.78 is 27.7. The minimum absolute atomic E-state index is 0.0463. The van der Waals surface area contributed by atoms with E-state index in [1.54, 1.807) is 30.2 Å². The van der Waals surface area contributed by atoms with Crippen LogP contribution in [0.4, 0.5) is 0 Å². The molecular weight excluding hydrogens is 422 g/mol. The maximum atomic E-state index is 13.2. The van der Waals surface area contributed by atoms with E-state index in [4.69, 9.17) is 23.7 Å². The third kappa shape index (κ3) is 5.87. The second kappa shape index (κ2) is 10.9. The number of carbonyl (C=O) groups excluding carboxylic acids is 1. The van der Waals surface area contributed by atoms with Crippen molar-refractivity contribution in [3.05, 3.63) is 66.3 Å². The SMILES string of the molecule is C=CCOc1ccc(CN(C[C@@H]2CCCO2)C(=O)/C=C\c2ccc3c(c2)OCO3)cc1OC. The number of amides is 1. The van der Waals surface area contributed by atoms with Gasteiger partial charge in [0.1, 0.15) is 6.61 Å². The molecule has 2 aliphatic heterocycles. The van der Waals surface area contributed by atoms with Crippen LogP contribution >= 0.6 is 0 Å². The zero-order chi connectivity index (χ0) is 23.0. The zero-order valence-corrected chi connectivity index (χ0v) is 18.8. The van der Waals surface area contributed by atoms with Crippen LogP contribution in [-0.4, -0.2) is 50.6 Å². The van der Waals surface area contributed by atoms with Gasteiger partial charge in [0.05, 0.1) is 13.2 Å². The number of rotatable bonds is 10. The molecule has 1 amide bonds. The predicted molar refractivity (Wildman–Crippen MR) is 125 cm³/mol.